The third-order valence-electron chi connectivity index (χ3n) is 3.27. The number of hydrogen-bond acceptors (Lipinski definition) is 4. The predicted octanol–water partition coefficient (Wildman–Crippen LogP) is 2.32. The number of ether oxygens (including phenoxy) is 1. The van der Waals surface area contributed by atoms with Crippen LogP contribution in [0.25, 0.3) is 5.65 Å². The van der Waals surface area contributed by atoms with Crippen LogP contribution in [0.4, 0.5) is 0 Å². The minimum atomic E-state index is -0.316. The van der Waals surface area contributed by atoms with Crippen LogP contribution in [0.2, 0.25) is 5.02 Å². The fraction of sp³-hybridized carbons (Fsp3) is 0.400. The third kappa shape index (κ3) is 3.39. The number of esters is 1. The van der Waals surface area contributed by atoms with Crippen LogP contribution in [0.3, 0.4) is 0 Å². The summed E-state index contributed by atoms with van der Waals surface area (Å²) in [4.78, 5) is 29.8. The van der Waals surface area contributed by atoms with Crippen molar-refractivity contribution in [2.75, 3.05) is 20.2 Å². The molecule has 7 heteroatoms. The highest BCUT2D eigenvalue weighted by molar-refractivity contribution is 6.30. The lowest BCUT2D eigenvalue weighted by Gasteiger charge is -2.16. The molecule has 118 valence electrons. The third-order valence-corrected chi connectivity index (χ3v) is 3.50. The summed E-state index contributed by atoms with van der Waals surface area (Å²) >= 11 is 5.94. The molecule has 0 saturated heterocycles. The molecule has 2 rings (SSSR count). The molecule has 0 aromatic carbocycles. The van der Waals surface area contributed by atoms with Gasteiger partial charge in [0.1, 0.15) is 11.3 Å². The van der Waals surface area contributed by atoms with Crippen LogP contribution in [0, 0.1) is 6.92 Å². The highest BCUT2D eigenvalue weighted by atomic mass is 35.5. The Labute approximate surface area is 133 Å². The second kappa shape index (κ2) is 6.79. The summed E-state index contributed by atoms with van der Waals surface area (Å²) < 4.78 is 6.56. The summed E-state index contributed by atoms with van der Waals surface area (Å²) in [5.74, 6) is -0.514. The van der Waals surface area contributed by atoms with Crippen LogP contribution in [-0.2, 0) is 9.53 Å². The van der Waals surface area contributed by atoms with Crippen molar-refractivity contribution >= 4 is 29.1 Å². The maximum Gasteiger partial charge on any atom is 0.307 e. The summed E-state index contributed by atoms with van der Waals surface area (Å²) in [6.45, 7) is 4.15. The molecule has 1 amide bonds. The number of aromatic nitrogens is 2. The highest BCUT2D eigenvalue weighted by Gasteiger charge is 2.20. The van der Waals surface area contributed by atoms with Crippen LogP contribution >= 0.6 is 11.6 Å². The zero-order valence-electron chi connectivity index (χ0n) is 12.8. The average Bonchev–Trinajstić information content (AvgIpc) is 2.79. The van der Waals surface area contributed by atoms with Gasteiger partial charge in [-0.15, -0.1) is 0 Å². The van der Waals surface area contributed by atoms with Crippen LogP contribution in [0.1, 0.15) is 29.5 Å². The Hall–Kier alpha value is -2.08. The highest BCUT2D eigenvalue weighted by Crippen LogP contribution is 2.17. The van der Waals surface area contributed by atoms with Crippen molar-refractivity contribution in [3.63, 3.8) is 0 Å². The summed E-state index contributed by atoms with van der Waals surface area (Å²) in [5.41, 5.74) is 1.71. The largest absolute Gasteiger partial charge is 0.466 e. The first-order valence-corrected chi connectivity index (χ1v) is 7.37. The molecular formula is C15H18ClN3O3. The fourth-order valence-electron chi connectivity index (χ4n) is 2.17. The molecule has 2 aromatic heterocycles. The molecule has 2 heterocycles. The standard InChI is InChI=1S/C15H18ClN3O3/c1-4-22-13(20)6-7-18(3)15(21)14-10(2)17-12-9-11(16)5-8-19(12)14/h5,8-9H,4,6-7H2,1-3H3. The molecule has 0 unspecified atom stereocenters. The van der Waals surface area contributed by atoms with Crippen LogP contribution in [-0.4, -0.2) is 46.4 Å². The van der Waals surface area contributed by atoms with Crippen molar-refractivity contribution in [1.29, 1.82) is 0 Å². The molecule has 0 N–H and O–H groups in total. The quantitative estimate of drug-likeness (QED) is 0.792. The van der Waals surface area contributed by atoms with E-state index in [1.807, 2.05) is 0 Å². The number of hydrogen-bond donors (Lipinski definition) is 0. The molecule has 2 aromatic rings. The van der Waals surface area contributed by atoms with Crippen molar-refractivity contribution in [3.8, 4) is 0 Å². The van der Waals surface area contributed by atoms with E-state index in [1.165, 1.54) is 4.90 Å². The fourth-order valence-corrected chi connectivity index (χ4v) is 2.32. The summed E-state index contributed by atoms with van der Waals surface area (Å²) in [7, 11) is 1.65. The van der Waals surface area contributed by atoms with E-state index >= 15 is 0 Å². The van der Waals surface area contributed by atoms with Gasteiger partial charge in [-0.1, -0.05) is 11.6 Å². The van der Waals surface area contributed by atoms with Gasteiger partial charge in [-0.25, -0.2) is 4.98 Å². The van der Waals surface area contributed by atoms with E-state index in [2.05, 4.69) is 4.98 Å². The number of aryl methyl sites for hydroxylation is 1. The molecule has 22 heavy (non-hydrogen) atoms. The maximum absolute atomic E-state index is 12.6. The van der Waals surface area contributed by atoms with Crippen molar-refractivity contribution in [3.05, 3.63) is 34.7 Å². The van der Waals surface area contributed by atoms with Gasteiger partial charge < -0.3 is 9.64 Å². The molecule has 0 atom stereocenters. The number of fused-ring (bicyclic) bond motifs is 1. The lowest BCUT2D eigenvalue weighted by Crippen LogP contribution is -2.30. The normalized spacial score (nSPS) is 10.7. The van der Waals surface area contributed by atoms with Gasteiger partial charge in [-0.05, 0) is 19.9 Å². The minimum Gasteiger partial charge on any atom is -0.466 e. The van der Waals surface area contributed by atoms with Crippen molar-refractivity contribution in [2.24, 2.45) is 0 Å². The molecule has 0 aliphatic carbocycles. The number of carbonyl (C=O) groups excluding carboxylic acids is 2. The van der Waals surface area contributed by atoms with Gasteiger partial charge in [0, 0.05) is 30.9 Å². The average molecular weight is 324 g/mol. The molecule has 0 saturated carbocycles. The Kier molecular flexibility index (Phi) is 5.03. The molecule has 0 fully saturated rings. The van der Waals surface area contributed by atoms with Gasteiger partial charge in [0.25, 0.3) is 5.91 Å². The zero-order chi connectivity index (χ0) is 16.3. The van der Waals surface area contributed by atoms with Gasteiger partial charge in [0.2, 0.25) is 0 Å². The number of pyridine rings is 1. The summed E-state index contributed by atoms with van der Waals surface area (Å²) in [6.07, 6.45) is 1.88. The lowest BCUT2D eigenvalue weighted by molar-refractivity contribution is -0.143. The van der Waals surface area contributed by atoms with E-state index < -0.39 is 0 Å². The number of nitrogens with zero attached hydrogens (tertiary/aromatic N) is 3. The number of rotatable bonds is 5. The Balaban J connectivity index is 2.18. The summed E-state index contributed by atoms with van der Waals surface area (Å²) in [5, 5.41) is 0.562. The molecule has 0 radical (unpaired) electrons. The number of halogens is 1. The first-order valence-electron chi connectivity index (χ1n) is 6.99. The first-order chi connectivity index (χ1) is 10.4. The molecule has 6 nitrogen and oxygen atoms in total. The number of imidazole rings is 1. The molecule has 0 bridgehead atoms. The van der Waals surface area contributed by atoms with Crippen molar-refractivity contribution in [2.45, 2.75) is 20.3 Å². The monoisotopic (exact) mass is 323 g/mol. The van der Waals surface area contributed by atoms with Gasteiger partial charge in [-0.2, -0.15) is 0 Å². The van der Waals surface area contributed by atoms with Crippen LogP contribution in [0.5, 0.6) is 0 Å². The molecule has 0 aliphatic heterocycles. The summed E-state index contributed by atoms with van der Waals surface area (Å²) in [6, 6.07) is 3.40. The van der Waals surface area contributed by atoms with Gasteiger partial charge in [0.05, 0.1) is 18.7 Å². The second-order valence-corrected chi connectivity index (χ2v) is 5.34. The minimum absolute atomic E-state index is 0.164. The van der Waals surface area contributed by atoms with E-state index in [9.17, 15) is 9.59 Å². The SMILES string of the molecule is CCOC(=O)CCN(C)C(=O)c1c(C)nc2cc(Cl)ccn12. The Bertz CT molecular complexity index is 711. The van der Waals surface area contributed by atoms with E-state index in [0.717, 1.165) is 0 Å². The van der Waals surface area contributed by atoms with Crippen LogP contribution in [0.15, 0.2) is 18.3 Å². The first kappa shape index (κ1) is 16.3. The van der Waals surface area contributed by atoms with Crippen LogP contribution < -0.4 is 0 Å². The smallest absolute Gasteiger partial charge is 0.307 e. The molecule has 0 aliphatic rings. The Morgan fingerprint density at radius 2 is 2.18 bits per heavy atom. The molecule has 0 spiro atoms. The zero-order valence-corrected chi connectivity index (χ0v) is 13.6. The number of carbonyl (C=O) groups is 2. The van der Waals surface area contributed by atoms with Gasteiger partial charge in [-0.3, -0.25) is 14.0 Å². The van der Waals surface area contributed by atoms with Gasteiger partial charge >= 0.3 is 5.97 Å². The maximum atomic E-state index is 12.6. The number of amides is 1. The van der Waals surface area contributed by atoms with E-state index in [1.54, 1.807) is 43.6 Å². The molecular weight excluding hydrogens is 306 g/mol. The van der Waals surface area contributed by atoms with Gasteiger partial charge in [0.15, 0.2) is 0 Å². The van der Waals surface area contributed by atoms with E-state index in [-0.39, 0.29) is 24.8 Å². The Morgan fingerprint density at radius 3 is 2.86 bits per heavy atom. The van der Waals surface area contributed by atoms with Crippen molar-refractivity contribution in [1.82, 2.24) is 14.3 Å². The second-order valence-electron chi connectivity index (χ2n) is 4.90. The lowest BCUT2D eigenvalue weighted by atomic mass is 10.3. The van der Waals surface area contributed by atoms with Crippen molar-refractivity contribution < 1.29 is 14.3 Å². The predicted molar refractivity (Wildman–Crippen MR) is 83.1 cm³/mol. The van der Waals surface area contributed by atoms with E-state index in [0.29, 0.717) is 28.7 Å². The van der Waals surface area contributed by atoms with E-state index in [4.69, 9.17) is 16.3 Å². The topological polar surface area (TPSA) is 63.9 Å². The Morgan fingerprint density at radius 1 is 1.45 bits per heavy atom.